The van der Waals surface area contributed by atoms with Crippen LogP contribution in [0.3, 0.4) is 0 Å². The van der Waals surface area contributed by atoms with Crippen LogP contribution >= 0.6 is 0 Å². The minimum Gasteiger partial charge on any atom is -0.481 e. The molecule has 76 valence electrons. The van der Waals surface area contributed by atoms with Crippen LogP contribution in [-0.4, -0.2) is 11.1 Å². The van der Waals surface area contributed by atoms with Crippen LogP contribution in [0.4, 0.5) is 0 Å². The Morgan fingerprint density at radius 2 is 2.43 bits per heavy atom. The smallest absolute Gasteiger partial charge is 0.310 e. The van der Waals surface area contributed by atoms with Gasteiger partial charge >= 0.3 is 5.97 Å². The summed E-state index contributed by atoms with van der Waals surface area (Å²) >= 11 is 0. The molecule has 3 heteroatoms. The molecule has 3 nitrogen and oxygen atoms in total. The normalized spacial score (nSPS) is 14.0. The molecule has 0 saturated heterocycles. The highest BCUT2D eigenvalue weighted by atomic mass is 16.4. The van der Waals surface area contributed by atoms with E-state index in [2.05, 4.69) is 0 Å². The van der Waals surface area contributed by atoms with Gasteiger partial charge in [0.25, 0.3) is 0 Å². The third-order valence-electron chi connectivity index (χ3n) is 2.17. The Balaban J connectivity index is 2.82. The van der Waals surface area contributed by atoms with E-state index in [0.29, 0.717) is 12.2 Å². The minimum atomic E-state index is -0.784. The van der Waals surface area contributed by atoms with Gasteiger partial charge in [0.05, 0.1) is 12.2 Å². The molecule has 1 heterocycles. The standard InChI is InChI=1S/C11H14O3/c1-3-10(11(12)13)8(2)7-9-5-4-6-14-9/h4-7,10H,3H2,1-2H3,(H,12,13)/b8-7+. The van der Waals surface area contributed by atoms with E-state index in [1.165, 1.54) is 0 Å². The van der Waals surface area contributed by atoms with Crippen molar-refractivity contribution in [1.82, 2.24) is 0 Å². The zero-order valence-electron chi connectivity index (χ0n) is 8.36. The number of aliphatic carboxylic acids is 1. The van der Waals surface area contributed by atoms with E-state index in [9.17, 15) is 4.79 Å². The molecule has 0 amide bonds. The van der Waals surface area contributed by atoms with Crippen LogP contribution in [-0.2, 0) is 4.79 Å². The predicted octanol–water partition coefficient (Wildman–Crippen LogP) is 2.79. The largest absolute Gasteiger partial charge is 0.481 e. The van der Waals surface area contributed by atoms with Crippen molar-refractivity contribution in [3.8, 4) is 0 Å². The summed E-state index contributed by atoms with van der Waals surface area (Å²) in [5.41, 5.74) is 0.815. The molecule has 1 aromatic rings. The topological polar surface area (TPSA) is 50.4 Å². The zero-order valence-corrected chi connectivity index (χ0v) is 8.36. The van der Waals surface area contributed by atoms with Crippen molar-refractivity contribution >= 4 is 12.0 Å². The van der Waals surface area contributed by atoms with E-state index in [-0.39, 0.29) is 0 Å². The van der Waals surface area contributed by atoms with Crippen molar-refractivity contribution in [2.24, 2.45) is 5.92 Å². The van der Waals surface area contributed by atoms with Crippen molar-refractivity contribution in [3.63, 3.8) is 0 Å². The van der Waals surface area contributed by atoms with Gasteiger partial charge in [0.15, 0.2) is 0 Å². The molecular formula is C11H14O3. The number of hydrogen-bond acceptors (Lipinski definition) is 2. The van der Waals surface area contributed by atoms with E-state index in [4.69, 9.17) is 9.52 Å². The molecule has 0 spiro atoms. The van der Waals surface area contributed by atoms with Crippen LogP contribution in [0.25, 0.3) is 6.08 Å². The first-order chi connectivity index (χ1) is 6.65. The average Bonchev–Trinajstić information content (AvgIpc) is 2.57. The molecule has 0 fully saturated rings. The first-order valence-electron chi connectivity index (χ1n) is 4.59. The maximum atomic E-state index is 10.8. The van der Waals surface area contributed by atoms with Crippen molar-refractivity contribution in [2.75, 3.05) is 0 Å². The second-order valence-corrected chi connectivity index (χ2v) is 3.20. The molecule has 14 heavy (non-hydrogen) atoms. The molecule has 0 bridgehead atoms. The lowest BCUT2D eigenvalue weighted by Gasteiger charge is -2.09. The Morgan fingerprint density at radius 3 is 2.86 bits per heavy atom. The third kappa shape index (κ3) is 2.49. The van der Waals surface area contributed by atoms with E-state index < -0.39 is 11.9 Å². The van der Waals surface area contributed by atoms with Crippen LogP contribution in [0.1, 0.15) is 26.0 Å². The molecule has 1 rings (SSSR count). The number of carbonyl (C=O) groups is 1. The first kappa shape index (κ1) is 10.6. The van der Waals surface area contributed by atoms with Crippen LogP contribution in [0.2, 0.25) is 0 Å². The highest BCUT2D eigenvalue weighted by Crippen LogP contribution is 2.18. The highest BCUT2D eigenvalue weighted by molar-refractivity contribution is 5.75. The van der Waals surface area contributed by atoms with Crippen LogP contribution in [0.5, 0.6) is 0 Å². The van der Waals surface area contributed by atoms with Gasteiger partial charge in [-0.15, -0.1) is 0 Å². The van der Waals surface area contributed by atoms with Gasteiger partial charge in [-0.3, -0.25) is 4.79 Å². The molecule has 1 N–H and O–H groups in total. The van der Waals surface area contributed by atoms with Gasteiger partial charge in [0.1, 0.15) is 5.76 Å². The Hall–Kier alpha value is -1.51. The van der Waals surface area contributed by atoms with Gasteiger partial charge in [-0.2, -0.15) is 0 Å². The van der Waals surface area contributed by atoms with Gasteiger partial charge in [-0.1, -0.05) is 12.5 Å². The second-order valence-electron chi connectivity index (χ2n) is 3.20. The van der Waals surface area contributed by atoms with E-state index >= 15 is 0 Å². The van der Waals surface area contributed by atoms with Gasteiger partial charge in [0.2, 0.25) is 0 Å². The van der Waals surface area contributed by atoms with Crippen molar-refractivity contribution in [1.29, 1.82) is 0 Å². The van der Waals surface area contributed by atoms with Gasteiger partial charge in [-0.25, -0.2) is 0 Å². The first-order valence-corrected chi connectivity index (χ1v) is 4.59. The van der Waals surface area contributed by atoms with Gasteiger partial charge in [0, 0.05) is 0 Å². The number of carboxylic acids is 1. The lowest BCUT2D eigenvalue weighted by atomic mass is 9.97. The van der Waals surface area contributed by atoms with Crippen molar-refractivity contribution in [2.45, 2.75) is 20.3 Å². The summed E-state index contributed by atoms with van der Waals surface area (Å²) < 4.78 is 5.11. The quantitative estimate of drug-likeness (QED) is 0.801. The molecule has 0 aliphatic rings. The summed E-state index contributed by atoms with van der Waals surface area (Å²) in [5, 5.41) is 8.90. The third-order valence-corrected chi connectivity index (χ3v) is 2.17. The van der Waals surface area contributed by atoms with Crippen molar-refractivity contribution in [3.05, 3.63) is 29.7 Å². The van der Waals surface area contributed by atoms with Gasteiger partial charge < -0.3 is 9.52 Å². The average molecular weight is 194 g/mol. The summed E-state index contributed by atoms with van der Waals surface area (Å²) in [5.74, 6) is -0.505. The minimum absolute atomic E-state index is 0.417. The molecule has 0 saturated carbocycles. The fourth-order valence-corrected chi connectivity index (χ4v) is 1.39. The second kappa shape index (κ2) is 4.65. The molecule has 0 radical (unpaired) electrons. The van der Waals surface area contributed by atoms with Crippen LogP contribution in [0.15, 0.2) is 28.4 Å². The summed E-state index contributed by atoms with van der Waals surface area (Å²) in [4.78, 5) is 10.8. The van der Waals surface area contributed by atoms with Crippen LogP contribution in [0, 0.1) is 5.92 Å². The summed E-state index contributed by atoms with van der Waals surface area (Å²) in [7, 11) is 0. The number of rotatable bonds is 4. The maximum Gasteiger partial charge on any atom is 0.310 e. The molecule has 0 aromatic carbocycles. The number of hydrogen-bond donors (Lipinski definition) is 1. The predicted molar refractivity (Wildman–Crippen MR) is 53.8 cm³/mol. The lowest BCUT2D eigenvalue weighted by molar-refractivity contribution is -0.140. The Bertz CT molecular complexity index is 322. The molecule has 1 atom stereocenters. The van der Waals surface area contributed by atoms with Crippen LogP contribution < -0.4 is 0 Å². The highest BCUT2D eigenvalue weighted by Gasteiger charge is 2.16. The SMILES string of the molecule is CCC(C(=O)O)/C(C)=C/c1ccco1. The Labute approximate surface area is 83.0 Å². The molecule has 0 aliphatic heterocycles. The number of furan rings is 1. The van der Waals surface area contributed by atoms with Gasteiger partial charge in [-0.05, 0) is 31.6 Å². The summed E-state index contributed by atoms with van der Waals surface area (Å²) in [6, 6.07) is 3.58. The fourth-order valence-electron chi connectivity index (χ4n) is 1.39. The summed E-state index contributed by atoms with van der Waals surface area (Å²) in [6.45, 7) is 3.67. The zero-order chi connectivity index (χ0) is 10.6. The van der Waals surface area contributed by atoms with E-state index in [1.807, 2.05) is 13.8 Å². The maximum absolute atomic E-state index is 10.8. The molecular weight excluding hydrogens is 180 g/mol. The Morgan fingerprint density at radius 1 is 1.71 bits per heavy atom. The lowest BCUT2D eigenvalue weighted by Crippen LogP contribution is -2.13. The molecule has 0 aliphatic carbocycles. The Kier molecular flexibility index (Phi) is 3.51. The summed E-state index contributed by atoms with van der Waals surface area (Å²) in [6.07, 6.45) is 3.93. The fraction of sp³-hybridized carbons (Fsp3) is 0.364. The van der Waals surface area contributed by atoms with E-state index in [0.717, 1.165) is 5.57 Å². The monoisotopic (exact) mass is 194 g/mol. The molecule has 1 unspecified atom stereocenters. The van der Waals surface area contributed by atoms with Crippen molar-refractivity contribution < 1.29 is 14.3 Å². The number of carboxylic acid groups (broad SMARTS) is 1. The van der Waals surface area contributed by atoms with E-state index in [1.54, 1.807) is 24.5 Å². The molecule has 1 aromatic heterocycles.